The second-order valence-corrected chi connectivity index (χ2v) is 6.48. The highest BCUT2D eigenvalue weighted by molar-refractivity contribution is 5.86. The van der Waals surface area contributed by atoms with Crippen molar-refractivity contribution in [2.75, 3.05) is 20.7 Å². The molecule has 2 aromatic rings. The molecule has 1 aromatic heterocycles. The molecule has 7 heteroatoms. The van der Waals surface area contributed by atoms with Gasteiger partial charge in [0.25, 0.3) is 0 Å². The van der Waals surface area contributed by atoms with Crippen LogP contribution in [0.5, 0.6) is 0 Å². The lowest BCUT2D eigenvalue weighted by atomic mass is 9.83. The molecule has 0 spiro atoms. The third-order valence-corrected chi connectivity index (χ3v) is 4.45. The van der Waals surface area contributed by atoms with Crippen LogP contribution in [0.4, 0.5) is 0 Å². The van der Waals surface area contributed by atoms with Gasteiger partial charge in [-0.15, -0.1) is 5.10 Å². The van der Waals surface area contributed by atoms with Crippen LogP contribution in [0.2, 0.25) is 0 Å². The number of aryl methyl sites for hydroxylation is 1. The number of fused-ring (bicyclic) bond motifs is 1. The van der Waals surface area contributed by atoms with E-state index in [4.69, 9.17) is 4.74 Å². The minimum atomic E-state index is -0.508. The Labute approximate surface area is 146 Å². The van der Waals surface area contributed by atoms with Gasteiger partial charge < -0.3 is 9.64 Å². The molecule has 132 valence electrons. The number of amides is 1. The number of nitrogens with zero attached hydrogens (tertiary/aromatic N) is 4. The summed E-state index contributed by atoms with van der Waals surface area (Å²) < 4.78 is 6.78. The number of ether oxygens (including phenoxy) is 1. The molecule has 0 saturated carbocycles. The zero-order chi connectivity index (χ0) is 17.8. The van der Waals surface area contributed by atoms with E-state index in [-0.39, 0.29) is 24.1 Å². The molecule has 0 aliphatic heterocycles. The number of hydrogen-bond donors (Lipinski definition) is 0. The topological polar surface area (TPSA) is 77.3 Å². The Morgan fingerprint density at radius 2 is 2.12 bits per heavy atom. The normalized spacial score (nSPS) is 16.2. The first-order valence-corrected chi connectivity index (χ1v) is 8.40. The second-order valence-electron chi connectivity index (χ2n) is 6.48. The van der Waals surface area contributed by atoms with Crippen molar-refractivity contribution in [3.05, 3.63) is 47.3 Å². The fourth-order valence-corrected chi connectivity index (χ4v) is 3.03. The van der Waals surface area contributed by atoms with Crippen molar-refractivity contribution in [1.82, 2.24) is 19.9 Å². The van der Waals surface area contributed by atoms with Gasteiger partial charge in [-0.2, -0.15) is 0 Å². The average molecular weight is 342 g/mol. The molecule has 0 fully saturated rings. The highest BCUT2D eigenvalue weighted by Gasteiger charge is 2.22. The molecule has 0 N–H and O–H groups in total. The van der Waals surface area contributed by atoms with Gasteiger partial charge in [-0.25, -0.2) is 9.48 Å². The number of carbonyl (C=O) groups is 2. The van der Waals surface area contributed by atoms with Crippen molar-refractivity contribution >= 4 is 11.9 Å². The number of aromatic nitrogens is 3. The van der Waals surface area contributed by atoms with Crippen molar-refractivity contribution < 1.29 is 14.3 Å². The molecule has 7 nitrogen and oxygen atoms in total. The molecule has 1 aliphatic rings. The first-order chi connectivity index (χ1) is 12.0. The van der Waals surface area contributed by atoms with Crippen molar-refractivity contribution in [1.29, 1.82) is 0 Å². The van der Waals surface area contributed by atoms with Gasteiger partial charge in [0.1, 0.15) is 6.54 Å². The Kier molecular flexibility index (Phi) is 5.11. The zero-order valence-electron chi connectivity index (χ0n) is 14.5. The molecular weight excluding hydrogens is 320 g/mol. The number of benzene rings is 1. The van der Waals surface area contributed by atoms with Crippen molar-refractivity contribution in [2.24, 2.45) is 0 Å². The Bertz CT molecular complexity index is 769. The highest BCUT2D eigenvalue weighted by Crippen LogP contribution is 2.31. The van der Waals surface area contributed by atoms with Crippen molar-refractivity contribution in [3.8, 4) is 0 Å². The van der Waals surface area contributed by atoms with Gasteiger partial charge in [0.2, 0.25) is 5.91 Å². The minimum Gasteiger partial charge on any atom is -0.460 e. The molecule has 25 heavy (non-hydrogen) atoms. The van der Waals surface area contributed by atoms with Crippen LogP contribution in [-0.4, -0.2) is 52.5 Å². The second kappa shape index (κ2) is 7.46. The molecule has 0 bridgehead atoms. The summed E-state index contributed by atoms with van der Waals surface area (Å²) in [6.45, 7) is 0.378. The highest BCUT2D eigenvalue weighted by atomic mass is 16.5. The first kappa shape index (κ1) is 17.1. The maximum absolute atomic E-state index is 12.2. The van der Waals surface area contributed by atoms with Crippen LogP contribution in [0.1, 0.15) is 40.4 Å². The number of rotatable bonds is 5. The van der Waals surface area contributed by atoms with E-state index >= 15 is 0 Å². The summed E-state index contributed by atoms with van der Waals surface area (Å²) in [7, 11) is 3.33. The molecule has 1 aliphatic carbocycles. The van der Waals surface area contributed by atoms with Gasteiger partial charge >= 0.3 is 5.97 Å². The molecule has 0 saturated heterocycles. The number of hydrogen-bond acceptors (Lipinski definition) is 5. The van der Waals surface area contributed by atoms with Gasteiger partial charge in [0.05, 0.1) is 12.8 Å². The van der Waals surface area contributed by atoms with E-state index < -0.39 is 5.97 Å². The minimum absolute atomic E-state index is 0.0449. The van der Waals surface area contributed by atoms with E-state index in [1.165, 1.54) is 26.9 Å². The lowest BCUT2D eigenvalue weighted by Gasteiger charge is -2.24. The monoisotopic (exact) mass is 342 g/mol. The summed E-state index contributed by atoms with van der Waals surface area (Å²) in [5.41, 5.74) is 2.72. The van der Waals surface area contributed by atoms with Gasteiger partial charge in [0.15, 0.2) is 5.69 Å². The van der Waals surface area contributed by atoms with E-state index in [0.29, 0.717) is 6.61 Å². The van der Waals surface area contributed by atoms with Crippen LogP contribution >= 0.6 is 0 Å². The van der Waals surface area contributed by atoms with Crippen molar-refractivity contribution in [2.45, 2.75) is 31.7 Å². The van der Waals surface area contributed by atoms with Gasteiger partial charge in [-0.3, -0.25) is 4.79 Å². The fourth-order valence-electron chi connectivity index (χ4n) is 3.03. The Morgan fingerprint density at radius 3 is 2.92 bits per heavy atom. The molecule has 1 amide bonds. The largest absolute Gasteiger partial charge is 0.460 e. The third kappa shape index (κ3) is 4.04. The summed E-state index contributed by atoms with van der Waals surface area (Å²) in [6, 6.07) is 8.31. The molecular formula is C18H22N4O3. The molecule has 1 heterocycles. The van der Waals surface area contributed by atoms with E-state index in [1.807, 2.05) is 12.1 Å². The van der Waals surface area contributed by atoms with E-state index in [1.54, 1.807) is 14.1 Å². The van der Waals surface area contributed by atoms with E-state index in [2.05, 4.69) is 22.4 Å². The van der Waals surface area contributed by atoms with Gasteiger partial charge in [0, 0.05) is 20.0 Å². The lowest BCUT2D eigenvalue weighted by Crippen LogP contribution is -2.26. The first-order valence-electron chi connectivity index (χ1n) is 8.40. The summed E-state index contributed by atoms with van der Waals surface area (Å²) in [5, 5.41) is 7.61. The molecule has 3 rings (SSSR count). The lowest BCUT2D eigenvalue weighted by molar-refractivity contribution is -0.129. The van der Waals surface area contributed by atoms with Crippen LogP contribution in [-0.2, 0) is 22.5 Å². The van der Waals surface area contributed by atoms with E-state index in [9.17, 15) is 9.59 Å². The zero-order valence-corrected chi connectivity index (χ0v) is 14.5. The van der Waals surface area contributed by atoms with Gasteiger partial charge in [-0.1, -0.05) is 29.5 Å². The Hall–Kier alpha value is -2.70. The summed E-state index contributed by atoms with van der Waals surface area (Å²) >= 11 is 0. The maximum atomic E-state index is 12.2. The predicted molar refractivity (Wildman–Crippen MR) is 91.1 cm³/mol. The quantitative estimate of drug-likeness (QED) is 0.772. The Balaban J connectivity index is 1.59. The summed E-state index contributed by atoms with van der Waals surface area (Å²) in [5.74, 6) is -0.408. The van der Waals surface area contributed by atoms with Crippen LogP contribution in [0.3, 0.4) is 0 Å². The number of carbonyl (C=O) groups excluding carboxylic acids is 2. The van der Waals surface area contributed by atoms with Crippen LogP contribution in [0, 0.1) is 0 Å². The predicted octanol–water partition coefficient (Wildman–Crippen LogP) is 1.64. The smallest absolute Gasteiger partial charge is 0.360 e. The fraction of sp³-hybridized carbons (Fsp3) is 0.444. The molecule has 0 unspecified atom stereocenters. The Morgan fingerprint density at radius 1 is 1.32 bits per heavy atom. The molecule has 1 aromatic carbocycles. The van der Waals surface area contributed by atoms with Crippen molar-refractivity contribution in [3.63, 3.8) is 0 Å². The number of likely N-dealkylation sites (N-methyl/N-ethyl adjacent to an activating group) is 1. The maximum Gasteiger partial charge on any atom is 0.360 e. The van der Waals surface area contributed by atoms with E-state index in [0.717, 1.165) is 19.3 Å². The molecule has 1 atom stereocenters. The number of esters is 1. The average Bonchev–Trinajstić information content (AvgIpc) is 3.08. The van der Waals surface area contributed by atoms with Gasteiger partial charge in [-0.05, 0) is 30.4 Å². The van der Waals surface area contributed by atoms with Crippen LogP contribution in [0.15, 0.2) is 30.5 Å². The summed E-state index contributed by atoms with van der Waals surface area (Å²) in [6.07, 6.45) is 4.63. The standard InChI is InChI=1S/C18H22N4O3/c1-21(2)17(23)11-22-10-16(19-20-22)18(24)25-12-14-8-5-7-13-6-3-4-9-15(13)14/h3-4,6,9-10,14H,5,7-8,11-12H2,1-2H3/t14-/m1/s1. The SMILES string of the molecule is CN(C)C(=O)Cn1cc(C(=O)OC[C@H]2CCCc3ccccc32)nn1. The van der Waals surface area contributed by atoms with Crippen LogP contribution < -0.4 is 0 Å². The summed E-state index contributed by atoms with van der Waals surface area (Å²) in [4.78, 5) is 25.3. The van der Waals surface area contributed by atoms with Crippen LogP contribution in [0.25, 0.3) is 0 Å². The third-order valence-electron chi connectivity index (χ3n) is 4.45. The molecule has 0 radical (unpaired) electrons.